The highest BCUT2D eigenvalue weighted by atomic mass is 16.6. The molecular weight excluding hydrogens is 284 g/mol. The van der Waals surface area contributed by atoms with E-state index in [1.807, 2.05) is 0 Å². The molecule has 0 radical (unpaired) electrons. The summed E-state index contributed by atoms with van der Waals surface area (Å²) in [6, 6.07) is 3.37. The molecule has 0 saturated heterocycles. The number of carbonyl (C=O) groups excluding carboxylic acids is 1. The van der Waals surface area contributed by atoms with Crippen molar-refractivity contribution < 1.29 is 19.0 Å². The van der Waals surface area contributed by atoms with Crippen molar-refractivity contribution in [2.75, 3.05) is 26.1 Å². The van der Waals surface area contributed by atoms with E-state index in [0.717, 1.165) is 0 Å². The van der Waals surface area contributed by atoms with Crippen LogP contribution in [0.3, 0.4) is 0 Å². The Bertz CT molecular complexity index is 562. The zero-order valence-corrected chi connectivity index (χ0v) is 13.8. The van der Waals surface area contributed by atoms with Crippen LogP contribution in [-0.4, -0.2) is 32.5 Å². The molecule has 3 N–H and O–H groups in total. The summed E-state index contributed by atoms with van der Waals surface area (Å²) < 4.78 is 15.8. The summed E-state index contributed by atoms with van der Waals surface area (Å²) in [5.74, 6) is 1.02. The number of nitrogens with one attached hydrogen (secondary N) is 1. The summed E-state index contributed by atoms with van der Waals surface area (Å²) in [4.78, 5) is 12.0. The lowest BCUT2D eigenvalue weighted by molar-refractivity contribution is 0.0636. The van der Waals surface area contributed by atoms with Gasteiger partial charge in [-0.05, 0) is 32.4 Å². The summed E-state index contributed by atoms with van der Waals surface area (Å²) in [5.41, 5.74) is 6.89. The van der Waals surface area contributed by atoms with Crippen molar-refractivity contribution in [1.29, 1.82) is 0 Å². The van der Waals surface area contributed by atoms with Crippen molar-refractivity contribution in [1.82, 2.24) is 0 Å². The summed E-state index contributed by atoms with van der Waals surface area (Å²) in [7, 11) is 3.06. The first-order valence-electron chi connectivity index (χ1n) is 6.86. The monoisotopic (exact) mass is 308 g/mol. The van der Waals surface area contributed by atoms with Crippen molar-refractivity contribution in [2.24, 2.45) is 5.73 Å². The number of amides is 1. The van der Waals surface area contributed by atoms with Crippen molar-refractivity contribution in [3.05, 3.63) is 24.3 Å². The Morgan fingerprint density at radius 1 is 1.23 bits per heavy atom. The molecule has 1 amide bonds. The maximum absolute atomic E-state index is 12.0. The second kappa shape index (κ2) is 7.17. The molecule has 6 nitrogen and oxygen atoms in total. The van der Waals surface area contributed by atoms with Crippen LogP contribution in [0.2, 0.25) is 0 Å². The Morgan fingerprint density at radius 2 is 1.77 bits per heavy atom. The average molecular weight is 308 g/mol. The molecule has 0 heterocycles. The van der Waals surface area contributed by atoms with Gasteiger partial charge in [0, 0.05) is 18.2 Å². The quantitative estimate of drug-likeness (QED) is 0.873. The Balaban J connectivity index is 3.20. The molecular formula is C16H24N2O4. The maximum atomic E-state index is 12.0. The molecule has 0 saturated carbocycles. The Hall–Kier alpha value is -2.21. The second-order valence-electron chi connectivity index (χ2n) is 5.69. The normalized spacial score (nSPS) is 10.8. The van der Waals surface area contributed by atoms with Crippen molar-refractivity contribution >= 4 is 17.4 Å². The summed E-state index contributed by atoms with van der Waals surface area (Å²) in [6.07, 6.45) is -0.564. The van der Waals surface area contributed by atoms with Gasteiger partial charge in [-0.2, -0.15) is 0 Å². The van der Waals surface area contributed by atoms with E-state index in [0.29, 0.717) is 28.3 Å². The van der Waals surface area contributed by atoms with Crippen LogP contribution in [0, 0.1) is 0 Å². The highest BCUT2D eigenvalue weighted by Crippen LogP contribution is 2.36. The molecule has 0 aromatic heterocycles. The predicted molar refractivity (Wildman–Crippen MR) is 87.5 cm³/mol. The molecule has 0 aliphatic carbocycles. The van der Waals surface area contributed by atoms with Crippen molar-refractivity contribution in [3.8, 4) is 11.5 Å². The molecule has 0 aliphatic rings. The summed E-state index contributed by atoms with van der Waals surface area (Å²) in [6.45, 7) is 9.53. The first kappa shape index (κ1) is 17.8. The van der Waals surface area contributed by atoms with Crippen LogP contribution in [-0.2, 0) is 4.74 Å². The molecule has 0 aliphatic heterocycles. The lowest BCUT2D eigenvalue weighted by Gasteiger charge is -2.21. The van der Waals surface area contributed by atoms with E-state index in [-0.39, 0.29) is 6.54 Å². The largest absolute Gasteiger partial charge is 0.493 e. The maximum Gasteiger partial charge on any atom is 0.412 e. The topological polar surface area (TPSA) is 82.8 Å². The Morgan fingerprint density at radius 3 is 2.23 bits per heavy atom. The lowest BCUT2D eigenvalue weighted by Crippen LogP contribution is -2.27. The van der Waals surface area contributed by atoms with Gasteiger partial charge in [0.15, 0.2) is 11.5 Å². The van der Waals surface area contributed by atoms with E-state index in [1.54, 1.807) is 32.9 Å². The lowest BCUT2D eigenvalue weighted by atomic mass is 10.0. The van der Waals surface area contributed by atoms with Gasteiger partial charge < -0.3 is 19.9 Å². The Kier molecular flexibility index (Phi) is 5.82. The van der Waals surface area contributed by atoms with Crippen LogP contribution >= 0.6 is 0 Å². The number of anilines is 1. The minimum absolute atomic E-state index is 0.248. The van der Waals surface area contributed by atoms with Gasteiger partial charge in [0.1, 0.15) is 5.60 Å². The van der Waals surface area contributed by atoms with Gasteiger partial charge in [0.2, 0.25) is 0 Å². The molecule has 0 fully saturated rings. The van der Waals surface area contributed by atoms with E-state index in [4.69, 9.17) is 19.9 Å². The number of hydrogen-bond donors (Lipinski definition) is 2. The fourth-order valence-corrected chi connectivity index (χ4v) is 1.80. The predicted octanol–water partition coefficient (Wildman–Crippen LogP) is 3.02. The van der Waals surface area contributed by atoms with Crippen LogP contribution < -0.4 is 20.5 Å². The van der Waals surface area contributed by atoms with E-state index in [1.165, 1.54) is 14.2 Å². The summed E-state index contributed by atoms with van der Waals surface area (Å²) >= 11 is 0. The zero-order valence-electron chi connectivity index (χ0n) is 13.8. The smallest absolute Gasteiger partial charge is 0.412 e. The molecule has 1 rings (SSSR count). The zero-order chi connectivity index (χ0) is 16.9. The molecule has 0 atom stereocenters. The van der Waals surface area contributed by atoms with Crippen LogP contribution in [0.4, 0.5) is 10.5 Å². The average Bonchev–Trinajstić information content (AvgIpc) is 2.43. The molecule has 0 bridgehead atoms. The highest BCUT2D eigenvalue weighted by molar-refractivity contribution is 5.91. The van der Waals surface area contributed by atoms with Gasteiger partial charge in [0.05, 0.1) is 19.9 Å². The van der Waals surface area contributed by atoms with E-state index < -0.39 is 11.7 Å². The van der Waals surface area contributed by atoms with Crippen LogP contribution in [0.1, 0.15) is 26.3 Å². The first-order valence-corrected chi connectivity index (χ1v) is 6.86. The molecule has 22 heavy (non-hydrogen) atoms. The number of carbonyl (C=O) groups is 1. The first-order chi connectivity index (χ1) is 10.2. The van der Waals surface area contributed by atoms with Crippen LogP contribution in [0.15, 0.2) is 18.7 Å². The third kappa shape index (κ3) is 4.66. The Labute approximate surface area is 131 Å². The molecule has 0 unspecified atom stereocenters. The van der Waals surface area contributed by atoms with Gasteiger partial charge in [-0.25, -0.2) is 4.79 Å². The van der Waals surface area contributed by atoms with Gasteiger partial charge in [-0.3, -0.25) is 5.32 Å². The number of methoxy groups -OCH3 is 2. The third-order valence-electron chi connectivity index (χ3n) is 2.79. The van der Waals surface area contributed by atoms with Crippen molar-refractivity contribution in [3.63, 3.8) is 0 Å². The van der Waals surface area contributed by atoms with Crippen LogP contribution in [0.5, 0.6) is 11.5 Å². The minimum Gasteiger partial charge on any atom is -0.493 e. The van der Waals surface area contributed by atoms with Gasteiger partial charge >= 0.3 is 6.09 Å². The van der Waals surface area contributed by atoms with E-state index in [2.05, 4.69) is 11.9 Å². The number of hydrogen-bond acceptors (Lipinski definition) is 5. The SMILES string of the molecule is C=C(CN)c1cc(OC)c(OC)cc1NC(=O)OC(C)(C)C. The standard InChI is InChI=1S/C16H24N2O4/c1-10(9-17)11-7-13(20-5)14(21-6)8-12(11)18-15(19)22-16(2,3)4/h7-8H,1,9,17H2,2-6H3,(H,18,19). The highest BCUT2D eigenvalue weighted by Gasteiger charge is 2.19. The summed E-state index contributed by atoms with van der Waals surface area (Å²) in [5, 5.41) is 2.70. The fourth-order valence-electron chi connectivity index (χ4n) is 1.80. The van der Waals surface area contributed by atoms with Crippen molar-refractivity contribution in [2.45, 2.75) is 26.4 Å². The van der Waals surface area contributed by atoms with E-state index >= 15 is 0 Å². The minimum atomic E-state index is -0.592. The third-order valence-corrected chi connectivity index (χ3v) is 2.79. The van der Waals surface area contributed by atoms with Gasteiger partial charge in [-0.15, -0.1) is 0 Å². The molecule has 0 spiro atoms. The molecule has 1 aromatic carbocycles. The number of rotatable bonds is 5. The van der Waals surface area contributed by atoms with Gasteiger partial charge in [-0.1, -0.05) is 6.58 Å². The van der Waals surface area contributed by atoms with Crippen LogP contribution in [0.25, 0.3) is 5.57 Å². The second-order valence-corrected chi connectivity index (χ2v) is 5.69. The van der Waals surface area contributed by atoms with Gasteiger partial charge in [0.25, 0.3) is 0 Å². The molecule has 1 aromatic rings. The fraction of sp³-hybridized carbons (Fsp3) is 0.438. The number of nitrogens with two attached hydrogens (primary N) is 1. The molecule has 6 heteroatoms. The number of ether oxygens (including phenoxy) is 3. The molecule has 122 valence electrons. The number of benzene rings is 1. The van der Waals surface area contributed by atoms with E-state index in [9.17, 15) is 4.79 Å².